The Bertz CT molecular complexity index is 751. The molecule has 25 heavy (non-hydrogen) atoms. The summed E-state index contributed by atoms with van der Waals surface area (Å²) in [5.74, 6) is -0.675. The lowest BCUT2D eigenvalue weighted by Gasteiger charge is -2.12. The van der Waals surface area contributed by atoms with E-state index in [4.69, 9.17) is 25.6 Å². The number of nitrogens with one attached hydrogen (secondary N) is 1. The molecule has 0 bridgehead atoms. The van der Waals surface area contributed by atoms with Gasteiger partial charge in [0.25, 0.3) is 5.91 Å². The minimum atomic E-state index is -0.692. The molecular formula is C17H19ClN2O5. The molecule has 0 fully saturated rings. The first-order chi connectivity index (χ1) is 11.8. The van der Waals surface area contributed by atoms with Gasteiger partial charge in [-0.3, -0.25) is 10.1 Å². The van der Waals surface area contributed by atoms with Gasteiger partial charge in [-0.2, -0.15) is 0 Å². The van der Waals surface area contributed by atoms with E-state index in [2.05, 4.69) is 10.5 Å². The van der Waals surface area contributed by atoms with Crippen molar-refractivity contribution in [2.75, 3.05) is 18.5 Å². The van der Waals surface area contributed by atoms with Crippen LogP contribution in [0.4, 0.5) is 5.88 Å². The minimum Gasteiger partial charge on any atom is -0.480 e. The van der Waals surface area contributed by atoms with E-state index in [1.165, 1.54) is 0 Å². The highest BCUT2D eigenvalue weighted by molar-refractivity contribution is 6.32. The first kappa shape index (κ1) is 18.8. The van der Waals surface area contributed by atoms with Crippen LogP contribution in [0.2, 0.25) is 5.02 Å². The predicted molar refractivity (Wildman–Crippen MR) is 91.7 cm³/mol. The van der Waals surface area contributed by atoms with E-state index in [1.54, 1.807) is 30.3 Å². The van der Waals surface area contributed by atoms with Gasteiger partial charge < -0.3 is 14.0 Å². The van der Waals surface area contributed by atoms with Crippen molar-refractivity contribution in [3.63, 3.8) is 0 Å². The number of benzene rings is 1. The van der Waals surface area contributed by atoms with E-state index in [0.29, 0.717) is 16.5 Å². The molecule has 1 aromatic heterocycles. The highest BCUT2D eigenvalue weighted by Gasteiger charge is 2.20. The molecule has 2 aromatic rings. The first-order valence-corrected chi connectivity index (χ1v) is 7.93. The zero-order valence-electron chi connectivity index (χ0n) is 14.2. The molecule has 0 aliphatic heterocycles. The van der Waals surface area contributed by atoms with Crippen molar-refractivity contribution < 1.29 is 23.6 Å². The Balaban J connectivity index is 1.75. The molecule has 2 rings (SSSR count). The summed E-state index contributed by atoms with van der Waals surface area (Å²) in [5, 5.41) is 6.72. The Morgan fingerprint density at radius 3 is 2.60 bits per heavy atom. The molecule has 1 heterocycles. The molecule has 0 saturated carbocycles. The zero-order valence-corrected chi connectivity index (χ0v) is 14.9. The number of ether oxygens (including phenoxy) is 2. The second kappa shape index (κ2) is 8.02. The molecule has 0 saturated heterocycles. The Morgan fingerprint density at radius 2 is 1.96 bits per heavy atom. The van der Waals surface area contributed by atoms with Crippen LogP contribution in [0.1, 0.15) is 26.5 Å². The van der Waals surface area contributed by atoms with Crippen LogP contribution in [-0.2, 0) is 19.7 Å². The summed E-state index contributed by atoms with van der Waals surface area (Å²) in [5.41, 5.74) is 0.502. The molecule has 0 radical (unpaired) electrons. The number of esters is 1. The summed E-state index contributed by atoms with van der Waals surface area (Å²) in [6, 6.07) is 8.35. The van der Waals surface area contributed by atoms with Gasteiger partial charge >= 0.3 is 5.97 Å². The Morgan fingerprint density at radius 1 is 1.24 bits per heavy atom. The van der Waals surface area contributed by atoms with Crippen molar-refractivity contribution >= 4 is 29.4 Å². The molecule has 0 aliphatic carbocycles. The number of hydrogen-bond acceptors (Lipinski definition) is 6. The summed E-state index contributed by atoms with van der Waals surface area (Å²) >= 11 is 5.90. The highest BCUT2D eigenvalue weighted by Crippen LogP contribution is 2.24. The SMILES string of the molecule is CC(C)(C)c1cc(NC(=O)COC(=O)COc2ccccc2Cl)on1. The maximum atomic E-state index is 11.8. The molecule has 0 unspecified atom stereocenters. The second-order valence-corrected chi connectivity index (χ2v) is 6.66. The van der Waals surface area contributed by atoms with Crippen LogP contribution >= 0.6 is 11.6 Å². The van der Waals surface area contributed by atoms with Crippen molar-refractivity contribution in [3.05, 3.63) is 41.0 Å². The molecule has 0 aliphatic rings. The van der Waals surface area contributed by atoms with Crippen LogP contribution in [0.15, 0.2) is 34.9 Å². The molecule has 8 heteroatoms. The molecule has 1 aromatic carbocycles. The van der Waals surface area contributed by atoms with Gasteiger partial charge in [0.05, 0.1) is 10.7 Å². The van der Waals surface area contributed by atoms with E-state index in [1.807, 2.05) is 20.8 Å². The molecule has 134 valence electrons. The number of halogens is 1. The maximum absolute atomic E-state index is 11.8. The lowest BCUT2D eigenvalue weighted by Crippen LogP contribution is -2.23. The third-order valence-electron chi connectivity index (χ3n) is 3.09. The van der Waals surface area contributed by atoms with Crippen LogP contribution in [-0.4, -0.2) is 30.2 Å². The lowest BCUT2D eigenvalue weighted by atomic mass is 9.92. The highest BCUT2D eigenvalue weighted by atomic mass is 35.5. The molecule has 7 nitrogen and oxygen atoms in total. The third-order valence-corrected chi connectivity index (χ3v) is 3.40. The number of nitrogens with zero attached hydrogens (tertiary/aromatic N) is 1. The van der Waals surface area contributed by atoms with Crippen molar-refractivity contribution in [1.29, 1.82) is 0 Å². The Kier molecular flexibility index (Phi) is 6.03. The molecular weight excluding hydrogens is 348 g/mol. The summed E-state index contributed by atoms with van der Waals surface area (Å²) < 4.78 is 15.1. The maximum Gasteiger partial charge on any atom is 0.344 e. The van der Waals surface area contributed by atoms with E-state index in [0.717, 1.165) is 0 Å². The monoisotopic (exact) mass is 366 g/mol. The Labute approximate surface area is 150 Å². The third kappa shape index (κ3) is 5.79. The minimum absolute atomic E-state index is 0.193. The fourth-order valence-corrected chi connectivity index (χ4v) is 1.94. The summed E-state index contributed by atoms with van der Waals surface area (Å²) in [6.07, 6.45) is 0. The van der Waals surface area contributed by atoms with E-state index in [-0.39, 0.29) is 17.9 Å². The number of anilines is 1. The van der Waals surface area contributed by atoms with Gasteiger partial charge in [0, 0.05) is 11.5 Å². The molecule has 1 N–H and O–H groups in total. The van der Waals surface area contributed by atoms with Gasteiger partial charge in [-0.25, -0.2) is 4.79 Å². The van der Waals surface area contributed by atoms with Gasteiger partial charge in [-0.05, 0) is 12.1 Å². The summed E-state index contributed by atoms with van der Waals surface area (Å²) in [6.45, 7) is 5.09. The first-order valence-electron chi connectivity index (χ1n) is 7.55. The summed E-state index contributed by atoms with van der Waals surface area (Å²) in [4.78, 5) is 23.4. The van der Waals surface area contributed by atoms with Gasteiger partial charge in [0.1, 0.15) is 5.75 Å². The average molecular weight is 367 g/mol. The number of hydrogen-bond donors (Lipinski definition) is 1. The van der Waals surface area contributed by atoms with Crippen molar-refractivity contribution in [2.45, 2.75) is 26.2 Å². The fourth-order valence-electron chi connectivity index (χ4n) is 1.75. The van der Waals surface area contributed by atoms with E-state index >= 15 is 0 Å². The van der Waals surface area contributed by atoms with Crippen LogP contribution in [0, 0.1) is 0 Å². The number of carbonyl (C=O) groups is 2. The van der Waals surface area contributed by atoms with Gasteiger partial charge in [0.2, 0.25) is 5.88 Å². The van der Waals surface area contributed by atoms with Crippen LogP contribution < -0.4 is 10.1 Å². The normalized spacial score (nSPS) is 11.0. The molecule has 0 spiro atoms. The largest absolute Gasteiger partial charge is 0.480 e. The van der Waals surface area contributed by atoms with Crippen LogP contribution in [0.25, 0.3) is 0 Å². The predicted octanol–water partition coefficient (Wildman–Crippen LogP) is 3.19. The van der Waals surface area contributed by atoms with Crippen molar-refractivity contribution in [1.82, 2.24) is 5.16 Å². The van der Waals surface area contributed by atoms with E-state index in [9.17, 15) is 9.59 Å². The number of aromatic nitrogens is 1. The Hall–Kier alpha value is -2.54. The fraction of sp³-hybridized carbons (Fsp3) is 0.353. The van der Waals surface area contributed by atoms with Crippen LogP contribution in [0.3, 0.4) is 0 Å². The lowest BCUT2D eigenvalue weighted by molar-refractivity contribution is -0.149. The molecule has 1 amide bonds. The number of carbonyl (C=O) groups excluding carboxylic acids is 2. The average Bonchev–Trinajstić information content (AvgIpc) is 3.01. The van der Waals surface area contributed by atoms with Gasteiger partial charge in [0.15, 0.2) is 13.2 Å². The topological polar surface area (TPSA) is 90.7 Å². The van der Waals surface area contributed by atoms with Crippen molar-refractivity contribution in [2.24, 2.45) is 0 Å². The quantitative estimate of drug-likeness (QED) is 0.789. The molecule has 0 atom stereocenters. The zero-order chi connectivity index (χ0) is 18.4. The van der Waals surface area contributed by atoms with Gasteiger partial charge in [-0.15, -0.1) is 0 Å². The standard InChI is InChI=1S/C17H19ClN2O5/c1-17(2,3)13-8-15(25-20-13)19-14(21)9-24-16(22)10-23-12-7-5-4-6-11(12)18/h4-8H,9-10H2,1-3H3,(H,19,21). The van der Waals surface area contributed by atoms with Crippen molar-refractivity contribution in [3.8, 4) is 5.75 Å². The summed E-state index contributed by atoms with van der Waals surface area (Å²) in [7, 11) is 0. The van der Waals surface area contributed by atoms with Crippen LogP contribution in [0.5, 0.6) is 5.75 Å². The smallest absolute Gasteiger partial charge is 0.344 e. The van der Waals surface area contributed by atoms with Gasteiger partial charge in [-0.1, -0.05) is 49.7 Å². The number of rotatable bonds is 6. The second-order valence-electron chi connectivity index (χ2n) is 6.25. The number of para-hydroxylation sites is 1. The number of amides is 1. The van der Waals surface area contributed by atoms with E-state index < -0.39 is 18.5 Å².